The van der Waals surface area contributed by atoms with Gasteiger partial charge in [-0.05, 0) is 38.0 Å². The standard InChI is InChI=1S/C13H16ClNO2/c1-3-17-13(16)11-8-10(6-7-12(11)14)15(2)9-4-5-9/h6-9H,3-5H2,1-2H3. The van der Waals surface area contributed by atoms with Gasteiger partial charge in [-0.1, -0.05) is 11.6 Å². The highest BCUT2D eigenvalue weighted by Crippen LogP contribution is 2.32. The maximum absolute atomic E-state index is 11.7. The maximum Gasteiger partial charge on any atom is 0.339 e. The highest BCUT2D eigenvalue weighted by Gasteiger charge is 2.27. The van der Waals surface area contributed by atoms with E-state index in [0.29, 0.717) is 23.2 Å². The number of hydrogen-bond donors (Lipinski definition) is 0. The molecule has 1 aromatic carbocycles. The summed E-state index contributed by atoms with van der Waals surface area (Å²) in [5, 5.41) is 0.441. The van der Waals surface area contributed by atoms with Gasteiger partial charge in [0.15, 0.2) is 0 Å². The van der Waals surface area contributed by atoms with Crippen LogP contribution in [0, 0.1) is 0 Å². The molecule has 0 N–H and O–H groups in total. The van der Waals surface area contributed by atoms with Crippen molar-refractivity contribution in [1.29, 1.82) is 0 Å². The van der Waals surface area contributed by atoms with Crippen molar-refractivity contribution in [3.05, 3.63) is 28.8 Å². The van der Waals surface area contributed by atoms with E-state index in [1.807, 2.05) is 13.1 Å². The largest absolute Gasteiger partial charge is 0.462 e. The molecule has 4 heteroatoms. The van der Waals surface area contributed by atoms with Crippen molar-refractivity contribution in [3.8, 4) is 0 Å². The van der Waals surface area contributed by atoms with Crippen molar-refractivity contribution >= 4 is 23.3 Å². The Hall–Kier alpha value is -1.22. The van der Waals surface area contributed by atoms with Gasteiger partial charge >= 0.3 is 5.97 Å². The second-order valence-electron chi connectivity index (χ2n) is 4.23. The fraction of sp³-hybridized carbons (Fsp3) is 0.462. The van der Waals surface area contributed by atoms with Gasteiger partial charge in [0.2, 0.25) is 0 Å². The van der Waals surface area contributed by atoms with Gasteiger partial charge in [-0.2, -0.15) is 0 Å². The molecule has 1 saturated carbocycles. The average Bonchev–Trinajstić information content (AvgIpc) is 3.13. The summed E-state index contributed by atoms with van der Waals surface area (Å²) < 4.78 is 4.98. The van der Waals surface area contributed by atoms with E-state index in [9.17, 15) is 4.79 Å². The van der Waals surface area contributed by atoms with Crippen molar-refractivity contribution < 1.29 is 9.53 Å². The summed E-state index contributed by atoms with van der Waals surface area (Å²) in [6.45, 7) is 2.14. The lowest BCUT2D eigenvalue weighted by molar-refractivity contribution is 0.0526. The number of carbonyl (C=O) groups excluding carboxylic acids is 1. The van der Waals surface area contributed by atoms with Crippen LogP contribution in [0.2, 0.25) is 5.02 Å². The molecule has 0 spiro atoms. The summed E-state index contributed by atoms with van der Waals surface area (Å²) in [5.41, 5.74) is 1.46. The molecular formula is C13H16ClNO2. The number of rotatable bonds is 4. The minimum absolute atomic E-state index is 0.358. The summed E-state index contributed by atoms with van der Waals surface area (Å²) in [7, 11) is 2.04. The molecule has 1 aliphatic rings. The third kappa shape index (κ3) is 2.72. The van der Waals surface area contributed by atoms with Crippen LogP contribution in [0.1, 0.15) is 30.1 Å². The molecule has 3 nitrogen and oxygen atoms in total. The van der Waals surface area contributed by atoms with Gasteiger partial charge in [0.25, 0.3) is 0 Å². The van der Waals surface area contributed by atoms with Gasteiger partial charge < -0.3 is 9.64 Å². The molecule has 0 heterocycles. The number of anilines is 1. The van der Waals surface area contributed by atoms with Crippen LogP contribution in [0.5, 0.6) is 0 Å². The topological polar surface area (TPSA) is 29.5 Å². The van der Waals surface area contributed by atoms with Crippen molar-refractivity contribution in [2.75, 3.05) is 18.6 Å². The number of halogens is 1. The molecular weight excluding hydrogens is 238 g/mol. The minimum Gasteiger partial charge on any atom is -0.462 e. The van der Waals surface area contributed by atoms with Crippen LogP contribution < -0.4 is 4.90 Å². The smallest absolute Gasteiger partial charge is 0.339 e. The van der Waals surface area contributed by atoms with Gasteiger partial charge in [-0.3, -0.25) is 0 Å². The van der Waals surface area contributed by atoms with E-state index < -0.39 is 0 Å². The Morgan fingerprint density at radius 1 is 1.53 bits per heavy atom. The fourth-order valence-corrected chi connectivity index (χ4v) is 1.97. The lowest BCUT2D eigenvalue weighted by Crippen LogP contribution is -2.20. The molecule has 17 heavy (non-hydrogen) atoms. The normalized spacial score (nSPS) is 14.5. The van der Waals surface area contributed by atoms with E-state index in [0.717, 1.165) is 5.69 Å². The fourth-order valence-electron chi connectivity index (χ4n) is 1.77. The zero-order chi connectivity index (χ0) is 12.4. The van der Waals surface area contributed by atoms with Crippen LogP contribution >= 0.6 is 11.6 Å². The van der Waals surface area contributed by atoms with Crippen LogP contribution in [-0.4, -0.2) is 25.7 Å². The van der Waals surface area contributed by atoms with Gasteiger partial charge in [-0.25, -0.2) is 4.79 Å². The third-order valence-electron chi connectivity index (χ3n) is 2.95. The predicted molar refractivity (Wildman–Crippen MR) is 68.8 cm³/mol. The molecule has 0 radical (unpaired) electrons. The molecule has 0 bridgehead atoms. The molecule has 1 aromatic rings. The second kappa shape index (κ2) is 4.96. The molecule has 0 aliphatic heterocycles. The Labute approximate surface area is 106 Å². The predicted octanol–water partition coefficient (Wildman–Crippen LogP) is 3.12. The lowest BCUT2D eigenvalue weighted by Gasteiger charge is -2.19. The van der Waals surface area contributed by atoms with E-state index in [1.54, 1.807) is 19.1 Å². The first-order chi connectivity index (χ1) is 8.13. The first-order valence-electron chi connectivity index (χ1n) is 5.83. The minimum atomic E-state index is -0.358. The summed E-state index contributed by atoms with van der Waals surface area (Å²) >= 11 is 6.01. The first kappa shape index (κ1) is 12.2. The van der Waals surface area contributed by atoms with Gasteiger partial charge in [0.1, 0.15) is 0 Å². The highest BCUT2D eigenvalue weighted by atomic mass is 35.5. The van der Waals surface area contributed by atoms with E-state index in [4.69, 9.17) is 16.3 Å². The molecule has 0 atom stereocenters. The number of benzene rings is 1. The van der Waals surface area contributed by atoms with E-state index >= 15 is 0 Å². The molecule has 92 valence electrons. The van der Waals surface area contributed by atoms with E-state index in [2.05, 4.69) is 4.90 Å². The second-order valence-corrected chi connectivity index (χ2v) is 4.63. The van der Waals surface area contributed by atoms with Gasteiger partial charge in [0.05, 0.1) is 17.2 Å². The van der Waals surface area contributed by atoms with Gasteiger partial charge in [0, 0.05) is 18.8 Å². The highest BCUT2D eigenvalue weighted by molar-refractivity contribution is 6.33. The monoisotopic (exact) mass is 253 g/mol. The molecule has 0 aromatic heterocycles. The van der Waals surface area contributed by atoms with Crippen LogP contribution in [0.3, 0.4) is 0 Å². The Bertz CT molecular complexity index is 429. The maximum atomic E-state index is 11.7. The average molecular weight is 254 g/mol. The Kier molecular flexibility index (Phi) is 3.57. The zero-order valence-corrected chi connectivity index (χ0v) is 10.8. The molecule has 0 saturated heterocycles. The molecule has 2 rings (SSSR count). The molecule has 0 amide bonds. The Morgan fingerprint density at radius 2 is 2.24 bits per heavy atom. The van der Waals surface area contributed by atoms with E-state index in [1.165, 1.54) is 12.8 Å². The molecule has 1 fully saturated rings. The zero-order valence-electron chi connectivity index (χ0n) is 10.1. The SMILES string of the molecule is CCOC(=O)c1cc(N(C)C2CC2)ccc1Cl. The lowest BCUT2D eigenvalue weighted by atomic mass is 10.2. The van der Waals surface area contributed by atoms with Crippen LogP contribution in [0.15, 0.2) is 18.2 Å². The number of hydrogen-bond acceptors (Lipinski definition) is 3. The molecule has 0 unspecified atom stereocenters. The van der Waals surface area contributed by atoms with Crippen LogP contribution in [-0.2, 0) is 4.74 Å². The van der Waals surface area contributed by atoms with E-state index in [-0.39, 0.29) is 5.97 Å². The summed E-state index contributed by atoms with van der Waals surface area (Å²) in [4.78, 5) is 13.9. The van der Waals surface area contributed by atoms with Crippen molar-refractivity contribution in [1.82, 2.24) is 0 Å². The number of ether oxygens (including phenoxy) is 1. The first-order valence-corrected chi connectivity index (χ1v) is 6.20. The summed E-state index contributed by atoms with van der Waals surface area (Å²) in [5.74, 6) is -0.358. The number of nitrogens with zero attached hydrogens (tertiary/aromatic N) is 1. The van der Waals surface area contributed by atoms with Crippen molar-refractivity contribution in [3.63, 3.8) is 0 Å². The summed E-state index contributed by atoms with van der Waals surface area (Å²) in [6.07, 6.45) is 2.43. The third-order valence-corrected chi connectivity index (χ3v) is 3.28. The van der Waals surface area contributed by atoms with Crippen LogP contribution in [0.25, 0.3) is 0 Å². The van der Waals surface area contributed by atoms with Crippen LogP contribution in [0.4, 0.5) is 5.69 Å². The summed E-state index contributed by atoms with van der Waals surface area (Å²) in [6, 6.07) is 6.09. The quantitative estimate of drug-likeness (QED) is 0.773. The molecule has 1 aliphatic carbocycles. The Balaban J connectivity index is 2.25. The van der Waals surface area contributed by atoms with Crippen molar-refractivity contribution in [2.45, 2.75) is 25.8 Å². The number of carbonyl (C=O) groups is 1. The van der Waals surface area contributed by atoms with Crippen molar-refractivity contribution in [2.24, 2.45) is 0 Å². The van der Waals surface area contributed by atoms with Gasteiger partial charge in [-0.15, -0.1) is 0 Å². The number of esters is 1. The Morgan fingerprint density at radius 3 is 2.82 bits per heavy atom.